The first-order valence-electron chi connectivity index (χ1n) is 13.2. The normalized spacial score (nSPS) is 14.9. The molecule has 2 heterocycles. The first-order chi connectivity index (χ1) is 20.0. The van der Waals surface area contributed by atoms with E-state index in [1.807, 2.05) is 103 Å². The van der Waals surface area contributed by atoms with Gasteiger partial charge in [0, 0.05) is 33.4 Å². The number of fused-ring (bicyclic) bond motifs is 1. The van der Waals surface area contributed by atoms with Gasteiger partial charge in [-0.1, -0.05) is 88.7 Å². The number of hydrazone groups is 1. The molecule has 5 aromatic rings. The van der Waals surface area contributed by atoms with Crippen molar-refractivity contribution in [1.82, 2.24) is 9.99 Å². The number of ether oxygens (including phenoxy) is 1. The number of methoxy groups -OCH3 is 1. The molecule has 4 aromatic carbocycles. The highest BCUT2D eigenvalue weighted by Crippen LogP contribution is 2.38. The first kappa shape index (κ1) is 26.5. The van der Waals surface area contributed by atoms with E-state index in [0.717, 1.165) is 43.4 Å². The van der Waals surface area contributed by atoms with Crippen LogP contribution in [0.15, 0.2) is 124 Å². The molecule has 6 rings (SSSR count). The predicted molar refractivity (Wildman–Crippen MR) is 167 cm³/mol. The zero-order valence-electron chi connectivity index (χ0n) is 22.3. The molecule has 0 saturated carbocycles. The summed E-state index contributed by atoms with van der Waals surface area (Å²) in [5.74, 6) is 0.448. The summed E-state index contributed by atoms with van der Waals surface area (Å²) in [4.78, 5) is 30.4. The number of rotatable bonds is 6. The molecular formula is C34H26BrN3O3. The van der Waals surface area contributed by atoms with Gasteiger partial charge in [-0.05, 0) is 53.1 Å². The van der Waals surface area contributed by atoms with Crippen LogP contribution >= 0.6 is 15.9 Å². The molecule has 0 aliphatic carbocycles. The summed E-state index contributed by atoms with van der Waals surface area (Å²) in [7, 11) is 1.62. The van der Waals surface area contributed by atoms with Crippen LogP contribution in [0, 0.1) is 0 Å². The summed E-state index contributed by atoms with van der Waals surface area (Å²) in [6, 6.07) is 32.4. The number of hydrogen-bond donors (Lipinski definition) is 1. The maximum absolute atomic E-state index is 13.7. The van der Waals surface area contributed by atoms with Gasteiger partial charge in [-0.15, -0.1) is 0 Å². The number of amides is 1. The Morgan fingerprint density at radius 1 is 0.951 bits per heavy atom. The highest BCUT2D eigenvalue weighted by Gasteiger charge is 2.34. The Morgan fingerprint density at radius 2 is 1.66 bits per heavy atom. The standard InChI is InChI=1S/C34H26BrN3O3/c1-41-26-16-13-23(14-17-26)30-21-29(37-38(30)31(39)19-12-22-8-4-2-5-9-22)33-32(24-10-6-3-7-11-24)27-20-25(35)15-18-28(27)36-34(33)40/h2-20,30H,21H2,1H3,(H,36,40)/b19-12-/t30-/m1/s1. The van der Waals surface area contributed by atoms with Crippen LogP contribution in [0.5, 0.6) is 5.75 Å². The number of H-pyrrole nitrogens is 1. The van der Waals surface area contributed by atoms with Gasteiger partial charge in [-0.3, -0.25) is 9.59 Å². The van der Waals surface area contributed by atoms with Crippen LogP contribution in [0.4, 0.5) is 0 Å². The average Bonchev–Trinajstić information content (AvgIpc) is 3.45. The van der Waals surface area contributed by atoms with Crippen molar-refractivity contribution in [3.8, 4) is 16.9 Å². The van der Waals surface area contributed by atoms with Crippen molar-refractivity contribution >= 4 is 44.5 Å². The Balaban J connectivity index is 1.50. The molecule has 41 heavy (non-hydrogen) atoms. The third-order valence-electron chi connectivity index (χ3n) is 7.18. The summed E-state index contributed by atoms with van der Waals surface area (Å²) in [5.41, 5.74) is 4.98. The van der Waals surface area contributed by atoms with E-state index in [0.29, 0.717) is 17.7 Å². The zero-order chi connectivity index (χ0) is 28.3. The van der Waals surface area contributed by atoms with Gasteiger partial charge < -0.3 is 9.72 Å². The average molecular weight is 605 g/mol. The monoisotopic (exact) mass is 603 g/mol. The van der Waals surface area contributed by atoms with Crippen LogP contribution in [0.3, 0.4) is 0 Å². The maximum Gasteiger partial charge on any atom is 0.267 e. The molecule has 1 atom stereocenters. The summed E-state index contributed by atoms with van der Waals surface area (Å²) in [6.45, 7) is 0. The largest absolute Gasteiger partial charge is 0.497 e. The van der Waals surface area contributed by atoms with E-state index in [-0.39, 0.29) is 11.5 Å². The van der Waals surface area contributed by atoms with Gasteiger partial charge in [0.25, 0.3) is 11.5 Å². The van der Waals surface area contributed by atoms with Gasteiger partial charge in [0.15, 0.2) is 0 Å². The SMILES string of the molecule is COc1ccc([C@H]2CC(c3c(-c4ccccc4)c4cc(Br)ccc4[nH]c3=O)=NN2C(=O)/C=C\c2ccccc2)cc1. The van der Waals surface area contributed by atoms with Crippen LogP contribution < -0.4 is 10.3 Å². The fourth-order valence-corrected chi connectivity index (χ4v) is 5.56. The Labute approximate surface area is 245 Å². The van der Waals surface area contributed by atoms with E-state index >= 15 is 0 Å². The van der Waals surface area contributed by atoms with Gasteiger partial charge in [0.2, 0.25) is 0 Å². The fourth-order valence-electron chi connectivity index (χ4n) is 5.20. The van der Waals surface area contributed by atoms with Gasteiger partial charge in [0.1, 0.15) is 5.75 Å². The quantitative estimate of drug-likeness (QED) is 0.206. The molecular weight excluding hydrogens is 578 g/mol. The Morgan fingerprint density at radius 3 is 2.37 bits per heavy atom. The van der Waals surface area contributed by atoms with Crippen LogP contribution in [0.2, 0.25) is 0 Å². The molecule has 7 heteroatoms. The van der Waals surface area contributed by atoms with Crippen molar-refractivity contribution in [1.29, 1.82) is 0 Å². The number of carbonyl (C=O) groups excluding carboxylic acids is 1. The van der Waals surface area contributed by atoms with Gasteiger partial charge in [0.05, 0.1) is 24.4 Å². The summed E-state index contributed by atoms with van der Waals surface area (Å²) in [5, 5.41) is 7.20. The maximum atomic E-state index is 13.7. The van der Waals surface area contributed by atoms with E-state index in [1.165, 1.54) is 11.1 Å². The number of halogens is 1. The molecule has 0 bridgehead atoms. The molecule has 1 aromatic heterocycles. The Hall–Kier alpha value is -4.75. The molecule has 1 N–H and O–H groups in total. The third-order valence-corrected chi connectivity index (χ3v) is 7.68. The van der Waals surface area contributed by atoms with E-state index in [2.05, 4.69) is 20.9 Å². The molecule has 1 aliphatic heterocycles. The van der Waals surface area contributed by atoms with Gasteiger partial charge in [-0.2, -0.15) is 5.10 Å². The van der Waals surface area contributed by atoms with Gasteiger partial charge in [-0.25, -0.2) is 5.01 Å². The lowest BCUT2D eigenvalue weighted by atomic mass is 9.91. The minimum atomic E-state index is -0.398. The minimum absolute atomic E-state index is 0.250. The molecule has 0 radical (unpaired) electrons. The van der Waals surface area contributed by atoms with Crippen molar-refractivity contribution in [2.24, 2.45) is 5.10 Å². The fraction of sp³-hybridized carbons (Fsp3) is 0.0882. The first-order valence-corrected chi connectivity index (χ1v) is 14.0. The second-order valence-electron chi connectivity index (χ2n) is 9.73. The lowest BCUT2D eigenvalue weighted by molar-refractivity contribution is -0.127. The molecule has 1 aliphatic rings. The number of aromatic amines is 1. The topological polar surface area (TPSA) is 74.8 Å². The summed E-state index contributed by atoms with van der Waals surface area (Å²) < 4.78 is 6.24. The summed E-state index contributed by atoms with van der Waals surface area (Å²) >= 11 is 3.59. The van der Waals surface area contributed by atoms with Crippen molar-refractivity contribution in [2.75, 3.05) is 7.11 Å². The van der Waals surface area contributed by atoms with E-state index < -0.39 is 6.04 Å². The second kappa shape index (κ2) is 11.4. The van der Waals surface area contributed by atoms with Gasteiger partial charge >= 0.3 is 0 Å². The predicted octanol–water partition coefficient (Wildman–Crippen LogP) is 7.36. The van der Waals surface area contributed by atoms with E-state index in [4.69, 9.17) is 9.84 Å². The molecule has 1 amide bonds. The second-order valence-corrected chi connectivity index (χ2v) is 10.6. The highest BCUT2D eigenvalue weighted by atomic mass is 79.9. The van der Waals surface area contributed by atoms with E-state index in [9.17, 15) is 9.59 Å². The number of pyridine rings is 1. The number of hydrogen-bond acceptors (Lipinski definition) is 4. The number of carbonyl (C=O) groups is 1. The van der Waals surface area contributed by atoms with Crippen molar-refractivity contribution in [3.05, 3.63) is 141 Å². The molecule has 0 fully saturated rings. The smallest absolute Gasteiger partial charge is 0.267 e. The highest BCUT2D eigenvalue weighted by molar-refractivity contribution is 9.10. The molecule has 0 spiro atoms. The number of nitrogens with one attached hydrogen (secondary N) is 1. The Kier molecular flexibility index (Phi) is 7.35. The molecule has 202 valence electrons. The van der Waals surface area contributed by atoms with Crippen molar-refractivity contribution in [2.45, 2.75) is 12.5 Å². The lowest BCUT2D eigenvalue weighted by Gasteiger charge is -2.21. The van der Waals surface area contributed by atoms with Crippen LogP contribution in [0.1, 0.15) is 29.2 Å². The van der Waals surface area contributed by atoms with Crippen molar-refractivity contribution in [3.63, 3.8) is 0 Å². The van der Waals surface area contributed by atoms with Crippen LogP contribution in [-0.2, 0) is 4.79 Å². The Bertz CT molecular complexity index is 1850. The summed E-state index contributed by atoms with van der Waals surface area (Å²) in [6.07, 6.45) is 3.68. The molecule has 0 saturated heterocycles. The molecule has 6 nitrogen and oxygen atoms in total. The minimum Gasteiger partial charge on any atom is -0.497 e. The van der Waals surface area contributed by atoms with Crippen LogP contribution in [-0.4, -0.2) is 28.7 Å². The zero-order valence-corrected chi connectivity index (χ0v) is 23.8. The third kappa shape index (κ3) is 5.36. The number of nitrogens with zero attached hydrogens (tertiary/aromatic N) is 2. The lowest BCUT2D eigenvalue weighted by Crippen LogP contribution is -2.25. The number of benzene rings is 4. The van der Waals surface area contributed by atoms with Crippen LogP contribution in [0.25, 0.3) is 28.1 Å². The van der Waals surface area contributed by atoms with Crippen molar-refractivity contribution < 1.29 is 9.53 Å². The van der Waals surface area contributed by atoms with E-state index in [1.54, 1.807) is 13.2 Å². The molecule has 0 unspecified atom stereocenters. The number of aromatic nitrogens is 1.